The van der Waals surface area contributed by atoms with Crippen LogP contribution in [0.4, 0.5) is 0 Å². The summed E-state index contributed by atoms with van der Waals surface area (Å²) in [6, 6.07) is 4.92. The average Bonchev–Trinajstić information content (AvgIpc) is 2.43. The van der Waals surface area contributed by atoms with Gasteiger partial charge in [-0.3, -0.25) is 0 Å². The Bertz CT molecular complexity index is 618. The molecule has 0 atom stereocenters. The van der Waals surface area contributed by atoms with Gasteiger partial charge in [0.2, 0.25) is 0 Å². The second-order valence-electron chi connectivity index (χ2n) is 4.53. The van der Waals surface area contributed by atoms with Crippen LogP contribution in [-0.2, 0) is 6.61 Å². The van der Waals surface area contributed by atoms with Crippen LogP contribution in [0.1, 0.15) is 31.3 Å². The standard InChI is InChI=1S/C14H14Cl2N2O2/c1-8(2)14-17-6-13(12(7-19)18-14)20-9-3-4-10(15)11(16)5-9/h3-6,8,19H,7H2,1-2H3. The van der Waals surface area contributed by atoms with Gasteiger partial charge in [0.1, 0.15) is 17.3 Å². The summed E-state index contributed by atoms with van der Waals surface area (Å²) in [7, 11) is 0. The molecule has 0 fully saturated rings. The van der Waals surface area contributed by atoms with Gasteiger partial charge in [-0.05, 0) is 12.1 Å². The molecule has 20 heavy (non-hydrogen) atoms. The van der Waals surface area contributed by atoms with E-state index in [1.165, 1.54) is 0 Å². The molecule has 2 aromatic rings. The minimum absolute atomic E-state index is 0.180. The highest BCUT2D eigenvalue weighted by Crippen LogP contribution is 2.30. The van der Waals surface area contributed by atoms with E-state index in [-0.39, 0.29) is 12.5 Å². The lowest BCUT2D eigenvalue weighted by molar-refractivity contribution is 0.270. The van der Waals surface area contributed by atoms with E-state index in [2.05, 4.69) is 9.97 Å². The maximum absolute atomic E-state index is 9.38. The monoisotopic (exact) mass is 312 g/mol. The molecular weight excluding hydrogens is 299 g/mol. The van der Waals surface area contributed by atoms with Crippen LogP contribution >= 0.6 is 23.2 Å². The third kappa shape index (κ3) is 3.39. The van der Waals surface area contributed by atoms with Gasteiger partial charge in [-0.1, -0.05) is 37.0 Å². The molecular formula is C14H14Cl2N2O2. The maximum atomic E-state index is 9.38. The van der Waals surface area contributed by atoms with Gasteiger partial charge in [0.25, 0.3) is 0 Å². The average molecular weight is 313 g/mol. The van der Waals surface area contributed by atoms with Crippen LogP contribution < -0.4 is 4.74 Å². The third-order valence-corrected chi connectivity index (χ3v) is 3.37. The molecule has 0 unspecified atom stereocenters. The molecule has 1 heterocycles. The molecule has 0 saturated heterocycles. The zero-order valence-corrected chi connectivity index (χ0v) is 12.6. The summed E-state index contributed by atoms with van der Waals surface area (Å²) in [6.07, 6.45) is 1.55. The van der Waals surface area contributed by atoms with Gasteiger partial charge in [-0.15, -0.1) is 0 Å². The molecule has 1 aromatic carbocycles. The first-order valence-electron chi connectivity index (χ1n) is 6.11. The van der Waals surface area contributed by atoms with Crippen molar-refractivity contribution in [2.75, 3.05) is 0 Å². The maximum Gasteiger partial charge on any atom is 0.169 e. The molecule has 4 nitrogen and oxygen atoms in total. The molecule has 0 amide bonds. The van der Waals surface area contributed by atoms with Crippen LogP contribution in [0.2, 0.25) is 10.0 Å². The summed E-state index contributed by atoms with van der Waals surface area (Å²) in [6.45, 7) is 3.74. The summed E-state index contributed by atoms with van der Waals surface area (Å²) in [5.41, 5.74) is 0.440. The number of hydrogen-bond acceptors (Lipinski definition) is 4. The number of ether oxygens (including phenoxy) is 1. The second kappa shape index (κ2) is 6.39. The molecule has 106 valence electrons. The Balaban J connectivity index is 2.30. The molecule has 0 aliphatic heterocycles. The normalized spacial score (nSPS) is 10.9. The van der Waals surface area contributed by atoms with Crippen molar-refractivity contribution in [1.82, 2.24) is 9.97 Å². The van der Waals surface area contributed by atoms with Crippen LogP contribution in [0, 0.1) is 0 Å². The van der Waals surface area contributed by atoms with Crippen molar-refractivity contribution < 1.29 is 9.84 Å². The van der Waals surface area contributed by atoms with Gasteiger partial charge in [-0.25, -0.2) is 9.97 Å². The first kappa shape index (κ1) is 15.0. The van der Waals surface area contributed by atoms with Gasteiger partial charge < -0.3 is 9.84 Å². The van der Waals surface area contributed by atoms with Crippen molar-refractivity contribution in [3.8, 4) is 11.5 Å². The van der Waals surface area contributed by atoms with Crippen molar-refractivity contribution >= 4 is 23.2 Å². The Kier molecular flexibility index (Phi) is 4.81. The van der Waals surface area contributed by atoms with E-state index >= 15 is 0 Å². The SMILES string of the molecule is CC(C)c1ncc(Oc2ccc(Cl)c(Cl)c2)c(CO)n1. The van der Waals surface area contributed by atoms with Gasteiger partial charge in [-0.2, -0.15) is 0 Å². The number of aliphatic hydroxyl groups excluding tert-OH is 1. The van der Waals surface area contributed by atoms with Crippen LogP contribution in [-0.4, -0.2) is 15.1 Å². The number of hydrogen-bond donors (Lipinski definition) is 1. The zero-order chi connectivity index (χ0) is 14.7. The van der Waals surface area contributed by atoms with Gasteiger partial charge in [0.05, 0.1) is 22.8 Å². The Hall–Kier alpha value is -1.36. The largest absolute Gasteiger partial charge is 0.454 e. The van der Waals surface area contributed by atoms with E-state index in [0.717, 1.165) is 0 Å². The number of benzene rings is 1. The van der Waals surface area contributed by atoms with E-state index < -0.39 is 0 Å². The van der Waals surface area contributed by atoms with Crippen LogP contribution in [0.3, 0.4) is 0 Å². The summed E-state index contributed by atoms with van der Waals surface area (Å²) in [5, 5.41) is 10.2. The first-order chi connectivity index (χ1) is 9.51. The highest BCUT2D eigenvalue weighted by atomic mass is 35.5. The lowest BCUT2D eigenvalue weighted by atomic mass is 10.2. The van der Waals surface area contributed by atoms with Crippen LogP contribution in [0.5, 0.6) is 11.5 Å². The highest BCUT2D eigenvalue weighted by molar-refractivity contribution is 6.42. The quantitative estimate of drug-likeness (QED) is 0.919. The number of rotatable bonds is 4. The number of aromatic nitrogens is 2. The topological polar surface area (TPSA) is 55.2 Å². The Labute approximate surface area is 127 Å². The Morgan fingerprint density at radius 3 is 2.60 bits per heavy atom. The molecule has 2 rings (SSSR count). The molecule has 1 aromatic heterocycles. The number of nitrogens with zero attached hydrogens (tertiary/aromatic N) is 2. The highest BCUT2D eigenvalue weighted by Gasteiger charge is 2.11. The van der Waals surface area contributed by atoms with Gasteiger partial charge >= 0.3 is 0 Å². The fourth-order valence-corrected chi connectivity index (χ4v) is 1.85. The second-order valence-corrected chi connectivity index (χ2v) is 5.34. The van der Waals surface area contributed by atoms with Crippen molar-refractivity contribution in [1.29, 1.82) is 0 Å². The van der Waals surface area contributed by atoms with E-state index in [1.807, 2.05) is 13.8 Å². The van der Waals surface area contributed by atoms with Crippen molar-refractivity contribution in [3.05, 3.63) is 46.0 Å². The molecule has 6 heteroatoms. The van der Waals surface area contributed by atoms with Gasteiger partial charge in [0, 0.05) is 12.0 Å². The summed E-state index contributed by atoms with van der Waals surface area (Å²) < 4.78 is 5.64. The van der Waals surface area contributed by atoms with E-state index in [0.29, 0.717) is 33.1 Å². The Morgan fingerprint density at radius 2 is 2.00 bits per heavy atom. The van der Waals surface area contributed by atoms with Crippen LogP contribution in [0.15, 0.2) is 24.4 Å². The third-order valence-electron chi connectivity index (χ3n) is 2.63. The molecule has 0 saturated carbocycles. The Morgan fingerprint density at radius 1 is 1.25 bits per heavy atom. The number of halogens is 2. The molecule has 0 spiro atoms. The fourth-order valence-electron chi connectivity index (χ4n) is 1.57. The molecule has 0 radical (unpaired) electrons. The molecule has 0 bridgehead atoms. The predicted octanol–water partition coefficient (Wildman–Crippen LogP) is 4.19. The van der Waals surface area contributed by atoms with E-state index in [9.17, 15) is 5.11 Å². The molecule has 0 aliphatic rings. The molecule has 0 aliphatic carbocycles. The van der Waals surface area contributed by atoms with Crippen LogP contribution in [0.25, 0.3) is 0 Å². The first-order valence-corrected chi connectivity index (χ1v) is 6.86. The fraction of sp³-hybridized carbons (Fsp3) is 0.286. The summed E-state index contributed by atoms with van der Waals surface area (Å²) >= 11 is 11.8. The molecule has 1 N–H and O–H groups in total. The zero-order valence-electron chi connectivity index (χ0n) is 11.1. The smallest absolute Gasteiger partial charge is 0.169 e. The van der Waals surface area contributed by atoms with E-state index in [1.54, 1.807) is 24.4 Å². The minimum atomic E-state index is -0.223. The number of aliphatic hydroxyl groups is 1. The summed E-state index contributed by atoms with van der Waals surface area (Å²) in [5.74, 6) is 1.75. The van der Waals surface area contributed by atoms with Crippen molar-refractivity contribution in [3.63, 3.8) is 0 Å². The van der Waals surface area contributed by atoms with E-state index in [4.69, 9.17) is 27.9 Å². The van der Waals surface area contributed by atoms with Crippen molar-refractivity contribution in [2.45, 2.75) is 26.4 Å². The minimum Gasteiger partial charge on any atom is -0.454 e. The summed E-state index contributed by atoms with van der Waals surface area (Å²) in [4.78, 5) is 8.50. The van der Waals surface area contributed by atoms with Crippen molar-refractivity contribution in [2.24, 2.45) is 0 Å². The van der Waals surface area contributed by atoms with Gasteiger partial charge in [0.15, 0.2) is 5.75 Å². The predicted molar refractivity (Wildman–Crippen MR) is 78.6 cm³/mol. The lowest BCUT2D eigenvalue weighted by Crippen LogP contribution is -2.03. The lowest BCUT2D eigenvalue weighted by Gasteiger charge is -2.11.